The molecule has 3 aromatic rings. The summed E-state index contributed by atoms with van der Waals surface area (Å²) in [5.41, 5.74) is 3.02. The van der Waals surface area contributed by atoms with Gasteiger partial charge >= 0.3 is 0 Å². The van der Waals surface area contributed by atoms with E-state index in [1.807, 2.05) is 30.6 Å². The van der Waals surface area contributed by atoms with Crippen LogP contribution in [0.15, 0.2) is 36.1 Å². The summed E-state index contributed by atoms with van der Waals surface area (Å²) in [5.74, 6) is 0.903. The van der Waals surface area contributed by atoms with Gasteiger partial charge in [-0.25, -0.2) is 9.97 Å². The van der Waals surface area contributed by atoms with Crippen molar-refractivity contribution in [3.05, 3.63) is 41.9 Å². The Balaban J connectivity index is 1.99. The van der Waals surface area contributed by atoms with Gasteiger partial charge in [-0.15, -0.1) is 11.3 Å². The number of nitrogens with one attached hydrogen (secondary N) is 1. The van der Waals surface area contributed by atoms with Crippen LogP contribution in [0.4, 0.5) is 0 Å². The first-order chi connectivity index (χ1) is 8.33. The van der Waals surface area contributed by atoms with Crippen LogP contribution in [0.1, 0.15) is 5.82 Å². The molecule has 3 heterocycles. The summed E-state index contributed by atoms with van der Waals surface area (Å²) in [5, 5.41) is 3.00. The van der Waals surface area contributed by atoms with Crippen molar-refractivity contribution < 1.29 is 0 Å². The molecule has 0 spiro atoms. The van der Waals surface area contributed by atoms with Crippen LogP contribution in [0.2, 0.25) is 0 Å². The van der Waals surface area contributed by atoms with E-state index in [-0.39, 0.29) is 0 Å². The Kier molecular flexibility index (Phi) is 2.45. The molecule has 5 heteroatoms. The molecule has 84 valence electrons. The lowest BCUT2D eigenvalue weighted by atomic mass is 10.2. The predicted molar refractivity (Wildman–Crippen MR) is 67.7 cm³/mol. The molecule has 0 saturated carbocycles. The Bertz CT molecular complexity index is 627. The van der Waals surface area contributed by atoms with E-state index < -0.39 is 0 Å². The van der Waals surface area contributed by atoms with E-state index in [1.165, 1.54) is 0 Å². The van der Waals surface area contributed by atoms with Crippen LogP contribution in [-0.4, -0.2) is 19.9 Å². The van der Waals surface area contributed by atoms with Gasteiger partial charge in [-0.2, -0.15) is 0 Å². The van der Waals surface area contributed by atoms with Crippen molar-refractivity contribution in [2.45, 2.75) is 6.92 Å². The van der Waals surface area contributed by atoms with E-state index in [0.29, 0.717) is 0 Å². The lowest BCUT2D eigenvalue weighted by molar-refractivity contribution is 1.15. The van der Waals surface area contributed by atoms with E-state index in [0.717, 1.165) is 27.8 Å². The summed E-state index contributed by atoms with van der Waals surface area (Å²) < 4.78 is 0. The van der Waals surface area contributed by atoms with Crippen LogP contribution in [0.25, 0.3) is 22.0 Å². The number of aromatic amines is 1. The molecule has 0 aliphatic heterocycles. The largest absolute Gasteiger partial charge is 0.340 e. The van der Waals surface area contributed by atoms with Gasteiger partial charge in [-0.3, -0.25) is 4.98 Å². The summed E-state index contributed by atoms with van der Waals surface area (Å²) in [6, 6.07) is 3.91. The van der Waals surface area contributed by atoms with Gasteiger partial charge in [-0.05, 0) is 19.1 Å². The number of aromatic nitrogens is 4. The number of hydrogen-bond acceptors (Lipinski definition) is 4. The van der Waals surface area contributed by atoms with Gasteiger partial charge in [0.1, 0.15) is 10.8 Å². The Morgan fingerprint density at radius 2 is 2.06 bits per heavy atom. The highest BCUT2D eigenvalue weighted by Gasteiger charge is 2.07. The molecule has 0 aromatic carbocycles. The topological polar surface area (TPSA) is 54.5 Å². The zero-order chi connectivity index (χ0) is 11.7. The molecule has 1 N–H and O–H groups in total. The molecule has 0 amide bonds. The Hall–Kier alpha value is -2.01. The Labute approximate surface area is 102 Å². The van der Waals surface area contributed by atoms with Crippen molar-refractivity contribution in [3.63, 3.8) is 0 Å². The number of nitrogens with zero attached hydrogens (tertiary/aromatic N) is 3. The van der Waals surface area contributed by atoms with Gasteiger partial charge in [0.15, 0.2) is 0 Å². The second kappa shape index (κ2) is 4.10. The van der Waals surface area contributed by atoms with E-state index in [9.17, 15) is 0 Å². The molecule has 3 rings (SSSR count). The Morgan fingerprint density at radius 3 is 2.76 bits per heavy atom. The van der Waals surface area contributed by atoms with Gasteiger partial charge in [0.25, 0.3) is 0 Å². The first-order valence-corrected chi connectivity index (χ1v) is 6.09. The third kappa shape index (κ3) is 1.97. The number of pyridine rings is 1. The zero-order valence-electron chi connectivity index (χ0n) is 9.21. The van der Waals surface area contributed by atoms with Crippen molar-refractivity contribution in [3.8, 4) is 22.0 Å². The molecular weight excluding hydrogens is 232 g/mol. The minimum atomic E-state index is 0.903. The summed E-state index contributed by atoms with van der Waals surface area (Å²) in [6.07, 6.45) is 5.36. The number of hydrogen-bond donors (Lipinski definition) is 1. The van der Waals surface area contributed by atoms with Crippen molar-refractivity contribution in [1.82, 2.24) is 19.9 Å². The van der Waals surface area contributed by atoms with Crippen LogP contribution < -0.4 is 0 Å². The van der Waals surface area contributed by atoms with Gasteiger partial charge in [0, 0.05) is 23.3 Å². The number of aryl methyl sites for hydroxylation is 1. The quantitative estimate of drug-likeness (QED) is 0.751. The molecule has 0 atom stereocenters. The second-order valence-electron chi connectivity index (χ2n) is 3.66. The van der Waals surface area contributed by atoms with Crippen molar-refractivity contribution in [2.24, 2.45) is 0 Å². The van der Waals surface area contributed by atoms with Crippen LogP contribution in [-0.2, 0) is 0 Å². The third-order valence-corrected chi connectivity index (χ3v) is 3.29. The molecule has 0 radical (unpaired) electrons. The van der Waals surface area contributed by atoms with Gasteiger partial charge < -0.3 is 4.98 Å². The summed E-state index contributed by atoms with van der Waals surface area (Å²) in [6.45, 7) is 1.93. The van der Waals surface area contributed by atoms with Gasteiger partial charge in [-0.1, -0.05) is 0 Å². The standard InChI is InChI=1S/C12H10N4S/c1-8-14-6-10(15-8)12-16-11(7-17-12)9-2-4-13-5-3-9/h2-7H,1H3,(H,14,15). The van der Waals surface area contributed by atoms with Crippen LogP contribution >= 0.6 is 11.3 Å². The second-order valence-corrected chi connectivity index (χ2v) is 4.51. The predicted octanol–water partition coefficient (Wildman–Crippen LogP) is 2.90. The normalized spacial score (nSPS) is 10.6. The van der Waals surface area contributed by atoms with E-state index in [1.54, 1.807) is 23.7 Å². The Morgan fingerprint density at radius 1 is 1.24 bits per heavy atom. The SMILES string of the molecule is Cc1ncc(-c2nc(-c3ccncc3)cs2)[nH]1. The van der Waals surface area contributed by atoms with E-state index in [4.69, 9.17) is 0 Å². The van der Waals surface area contributed by atoms with Crippen molar-refractivity contribution in [1.29, 1.82) is 0 Å². The summed E-state index contributed by atoms with van der Waals surface area (Å²) in [7, 11) is 0. The maximum absolute atomic E-state index is 4.58. The monoisotopic (exact) mass is 242 g/mol. The molecule has 0 aliphatic carbocycles. The number of H-pyrrole nitrogens is 1. The first-order valence-electron chi connectivity index (χ1n) is 5.21. The highest BCUT2D eigenvalue weighted by Crippen LogP contribution is 2.27. The van der Waals surface area contributed by atoms with E-state index in [2.05, 4.69) is 19.9 Å². The average molecular weight is 242 g/mol. The number of rotatable bonds is 2. The zero-order valence-corrected chi connectivity index (χ0v) is 10.0. The number of thiazole rings is 1. The maximum Gasteiger partial charge on any atom is 0.142 e. The van der Waals surface area contributed by atoms with Crippen molar-refractivity contribution >= 4 is 11.3 Å². The van der Waals surface area contributed by atoms with Crippen LogP contribution in [0.3, 0.4) is 0 Å². The fraction of sp³-hybridized carbons (Fsp3) is 0.0833. The maximum atomic E-state index is 4.58. The summed E-state index contributed by atoms with van der Waals surface area (Å²) in [4.78, 5) is 15.9. The third-order valence-electron chi connectivity index (χ3n) is 2.41. The number of imidazole rings is 1. The summed E-state index contributed by atoms with van der Waals surface area (Å²) >= 11 is 1.61. The molecule has 4 nitrogen and oxygen atoms in total. The minimum absolute atomic E-state index is 0.903. The van der Waals surface area contributed by atoms with E-state index >= 15 is 0 Å². The molecule has 0 unspecified atom stereocenters. The lowest BCUT2D eigenvalue weighted by Crippen LogP contribution is -1.80. The lowest BCUT2D eigenvalue weighted by Gasteiger charge is -1.93. The molecule has 0 bridgehead atoms. The highest BCUT2D eigenvalue weighted by atomic mass is 32.1. The fourth-order valence-electron chi connectivity index (χ4n) is 1.58. The molecule has 0 fully saturated rings. The first kappa shape index (κ1) is 10.2. The van der Waals surface area contributed by atoms with Crippen molar-refractivity contribution in [2.75, 3.05) is 0 Å². The van der Waals surface area contributed by atoms with Gasteiger partial charge in [0.2, 0.25) is 0 Å². The molecular formula is C12H10N4S. The molecule has 17 heavy (non-hydrogen) atoms. The fourth-order valence-corrected chi connectivity index (χ4v) is 2.38. The highest BCUT2D eigenvalue weighted by molar-refractivity contribution is 7.13. The average Bonchev–Trinajstić information content (AvgIpc) is 2.98. The smallest absolute Gasteiger partial charge is 0.142 e. The van der Waals surface area contributed by atoms with Crippen LogP contribution in [0, 0.1) is 6.92 Å². The molecule has 0 saturated heterocycles. The van der Waals surface area contributed by atoms with Gasteiger partial charge in [0.05, 0.1) is 17.6 Å². The molecule has 0 aliphatic rings. The minimum Gasteiger partial charge on any atom is -0.340 e. The van der Waals surface area contributed by atoms with Crippen LogP contribution in [0.5, 0.6) is 0 Å². The molecule has 3 aromatic heterocycles.